The maximum absolute atomic E-state index is 12.3. The standard InChI is InChI=1S/C12H19N3O2S.2ClH/c1-9-7-18-10(15-9)6-14-11(16)12(8-13)2-4-17-5-3-12;;/h7H,2-6,8,13H2,1H3,(H,14,16);2*1H. The number of nitrogens with zero attached hydrogens (tertiary/aromatic N) is 1. The van der Waals surface area contributed by atoms with E-state index >= 15 is 0 Å². The van der Waals surface area contributed by atoms with Crippen LogP contribution in [0.25, 0.3) is 0 Å². The minimum Gasteiger partial charge on any atom is -0.381 e. The molecule has 8 heteroatoms. The highest BCUT2D eigenvalue weighted by Gasteiger charge is 2.38. The number of thiazole rings is 1. The topological polar surface area (TPSA) is 77.2 Å². The number of carbonyl (C=O) groups excluding carboxylic acids is 1. The number of ether oxygens (including phenoxy) is 1. The quantitative estimate of drug-likeness (QED) is 0.873. The van der Waals surface area contributed by atoms with Gasteiger partial charge >= 0.3 is 0 Å². The molecule has 1 saturated heterocycles. The summed E-state index contributed by atoms with van der Waals surface area (Å²) in [6.45, 7) is 4.03. The van der Waals surface area contributed by atoms with Gasteiger partial charge in [-0.2, -0.15) is 0 Å². The van der Waals surface area contributed by atoms with Gasteiger partial charge in [-0.3, -0.25) is 4.79 Å². The van der Waals surface area contributed by atoms with Crippen molar-refractivity contribution in [2.45, 2.75) is 26.3 Å². The molecule has 5 nitrogen and oxygen atoms in total. The van der Waals surface area contributed by atoms with Gasteiger partial charge in [-0.25, -0.2) is 4.98 Å². The lowest BCUT2D eigenvalue weighted by molar-refractivity contribution is -0.136. The van der Waals surface area contributed by atoms with Gasteiger partial charge in [0.1, 0.15) is 5.01 Å². The van der Waals surface area contributed by atoms with E-state index in [0.717, 1.165) is 10.7 Å². The van der Waals surface area contributed by atoms with Gasteiger partial charge in [0, 0.05) is 30.8 Å². The highest BCUT2D eigenvalue weighted by molar-refractivity contribution is 7.09. The molecule has 20 heavy (non-hydrogen) atoms. The first-order valence-corrected chi connectivity index (χ1v) is 7.01. The predicted octanol–water partition coefficient (Wildman–Crippen LogP) is 1.67. The first-order valence-electron chi connectivity index (χ1n) is 6.13. The second-order valence-corrected chi connectivity index (χ2v) is 5.60. The number of nitrogens with two attached hydrogens (primary N) is 1. The molecule has 1 aliphatic heterocycles. The Morgan fingerprint density at radius 1 is 1.50 bits per heavy atom. The zero-order valence-electron chi connectivity index (χ0n) is 11.4. The second-order valence-electron chi connectivity index (χ2n) is 4.66. The number of halogens is 2. The van der Waals surface area contributed by atoms with Crippen molar-refractivity contribution in [3.05, 3.63) is 16.1 Å². The molecular formula is C12H21Cl2N3O2S. The number of nitrogens with one attached hydrogen (secondary N) is 1. The summed E-state index contributed by atoms with van der Waals surface area (Å²) in [5, 5.41) is 5.86. The summed E-state index contributed by atoms with van der Waals surface area (Å²) in [5.41, 5.74) is 6.32. The van der Waals surface area contributed by atoms with E-state index in [1.807, 2.05) is 12.3 Å². The van der Waals surface area contributed by atoms with E-state index < -0.39 is 5.41 Å². The number of aromatic nitrogens is 1. The molecule has 1 fully saturated rings. The Hall–Kier alpha value is -0.400. The Morgan fingerprint density at radius 2 is 2.15 bits per heavy atom. The molecule has 116 valence electrons. The van der Waals surface area contributed by atoms with Crippen LogP contribution < -0.4 is 11.1 Å². The molecule has 0 unspecified atom stereocenters. The van der Waals surface area contributed by atoms with Crippen LogP contribution >= 0.6 is 36.2 Å². The van der Waals surface area contributed by atoms with E-state index in [2.05, 4.69) is 10.3 Å². The van der Waals surface area contributed by atoms with Crippen LogP contribution in [-0.2, 0) is 16.1 Å². The molecule has 0 bridgehead atoms. The summed E-state index contributed by atoms with van der Waals surface area (Å²) >= 11 is 1.56. The average Bonchev–Trinajstić information content (AvgIpc) is 2.82. The van der Waals surface area contributed by atoms with E-state index in [0.29, 0.717) is 39.1 Å². The normalized spacial score (nSPS) is 16.7. The fraction of sp³-hybridized carbons (Fsp3) is 0.667. The minimum absolute atomic E-state index is 0. The monoisotopic (exact) mass is 341 g/mol. The lowest BCUT2D eigenvalue weighted by Gasteiger charge is -2.34. The van der Waals surface area contributed by atoms with Gasteiger partial charge in [0.2, 0.25) is 5.91 Å². The van der Waals surface area contributed by atoms with Gasteiger partial charge < -0.3 is 15.8 Å². The third-order valence-corrected chi connectivity index (χ3v) is 4.36. The Morgan fingerprint density at radius 3 is 2.65 bits per heavy atom. The van der Waals surface area contributed by atoms with Crippen LogP contribution in [0.4, 0.5) is 0 Å². The maximum Gasteiger partial charge on any atom is 0.228 e. The first-order chi connectivity index (χ1) is 8.66. The Kier molecular flexibility index (Phi) is 8.62. The zero-order chi connectivity index (χ0) is 13.0. The van der Waals surface area contributed by atoms with Crippen molar-refractivity contribution in [3.8, 4) is 0 Å². The molecule has 0 saturated carbocycles. The third kappa shape index (κ3) is 4.56. The maximum atomic E-state index is 12.3. The number of carbonyl (C=O) groups is 1. The van der Waals surface area contributed by atoms with E-state index in [4.69, 9.17) is 10.5 Å². The highest BCUT2D eigenvalue weighted by Crippen LogP contribution is 2.29. The lowest BCUT2D eigenvalue weighted by Crippen LogP contribution is -2.48. The van der Waals surface area contributed by atoms with Gasteiger partial charge in [0.05, 0.1) is 12.0 Å². The molecule has 0 atom stereocenters. The summed E-state index contributed by atoms with van der Waals surface area (Å²) in [6, 6.07) is 0. The zero-order valence-corrected chi connectivity index (χ0v) is 13.8. The van der Waals surface area contributed by atoms with Crippen molar-refractivity contribution in [2.75, 3.05) is 19.8 Å². The lowest BCUT2D eigenvalue weighted by atomic mass is 9.79. The summed E-state index contributed by atoms with van der Waals surface area (Å²) in [5.74, 6) is 0.0288. The molecule has 1 aromatic rings. The number of hydrogen-bond donors (Lipinski definition) is 2. The Bertz CT molecular complexity index is 423. The highest BCUT2D eigenvalue weighted by atomic mass is 35.5. The summed E-state index contributed by atoms with van der Waals surface area (Å²) in [6.07, 6.45) is 1.40. The number of rotatable bonds is 4. The van der Waals surface area contributed by atoms with Crippen molar-refractivity contribution < 1.29 is 9.53 Å². The van der Waals surface area contributed by atoms with E-state index in [9.17, 15) is 4.79 Å². The molecule has 0 aliphatic carbocycles. The third-order valence-electron chi connectivity index (χ3n) is 3.39. The number of aryl methyl sites for hydroxylation is 1. The van der Waals surface area contributed by atoms with E-state index in [-0.39, 0.29) is 30.7 Å². The van der Waals surface area contributed by atoms with Crippen molar-refractivity contribution in [1.82, 2.24) is 10.3 Å². The molecule has 1 aliphatic rings. The summed E-state index contributed by atoms with van der Waals surface area (Å²) in [7, 11) is 0. The number of amides is 1. The summed E-state index contributed by atoms with van der Waals surface area (Å²) in [4.78, 5) is 16.6. The average molecular weight is 342 g/mol. The van der Waals surface area contributed by atoms with Gasteiger partial charge in [0.15, 0.2) is 0 Å². The van der Waals surface area contributed by atoms with Gasteiger partial charge in [0.25, 0.3) is 0 Å². The molecule has 3 N–H and O–H groups in total. The van der Waals surface area contributed by atoms with Crippen LogP contribution in [0.15, 0.2) is 5.38 Å². The van der Waals surface area contributed by atoms with E-state index in [1.165, 1.54) is 0 Å². The van der Waals surface area contributed by atoms with Gasteiger partial charge in [-0.05, 0) is 19.8 Å². The molecule has 0 radical (unpaired) electrons. The number of hydrogen-bond acceptors (Lipinski definition) is 5. The first kappa shape index (κ1) is 19.6. The SMILES string of the molecule is Cc1csc(CNC(=O)C2(CN)CCOCC2)n1.Cl.Cl. The fourth-order valence-electron chi connectivity index (χ4n) is 2.11. The van der Waals surface area contributed by atoms with Crippen LogP contribution in [0.1, 0.15) is 23.5 Å². The molecule has 2 heterocycles. The second kappa shape index (κ2) is 8.79. The van der Waals surface area contributed by atoms with Crippen molar-refractivity contribution >= 4 is 42.1 Å². The molecule has 0 spiro atoms. The van der Waals surface area contributed by atoms with Crippen molar-refractivity contribution in [3.63, 3.8) is 0 Å². The summed E-state index contributed by atoms with van der Waals surface area (Å²) < 4.78 is 5.30. The Labute approximate surface area is 135 Å². The van der Waals surface area contributed by atoms with Crippen LogP contribution in [0.3, 0.4) is 0 Å². The molecule has 0 aromatic carbocycles. The minimum atomic E-state index is -0.454. The molecule has 1 aromatic heterocycles. The molecular weight excluding hydrogens is 321 g/mol. The van der Waals surface area contributed by atoms with Crippen molar-refractivity contribution in [2.24, 2.45) is 11.1 Å². The van der Waals surface area contributed by atoms with E-state index in [1.54, 1.807) is 11.3 Å². The molecule has 1 amide bonds. The fourth-order valence-corrected chi connectivity index (χ4v) is 2.82. The Balaban J connectivity index is 0.00000180. The largest absolute Gasteiger partial charge is 0.381 e. The van der Waals surface area contributed by atoms with Crippen LogP contribution in [0.2, 0.25) is 0 Å². The smallest absolute Gasteiger partial charge is 0.228 e. The van der Waals surface area contributed by atoms with Crippen LogP contribution in [-0.4, -0.2) is 30.6 Å². The van der Waals surface area contributed by atoms with Crippen molar-refractivity contribution in [1.29, 1.82) is 0 Å². The van der Waals surface area contributed by atoms with Gasteiger partial charge in [-0.1, -0.05) is 0 Å². The van der Waals surface area contributed by atoms with Crippen LogP contribution in [0.5, 0.6) is 0 Å². The van der Waals surface area contributed by atoms with Crippen LogP contribution in [0, 0.1) is 12.3 Å². The van der Waals surface area contributed by atoms with Gasteiger partial charge in [-0.15, -0.1) is 36.2 Å². The molecule has 2 rings (SSSR count). The predicted molar refractivity (Wildman–Crippen MR) is 84.7 cm³/mol.